The van der Waals surface area contributed by atoms with Gasteiger partial charge in [-0.2, -0.15) is 11.8 Å². The van der Waals surface area contributed by atoms with Crippen molar-refractivity contribution in [2.45, 2.75) is 19.4 Å². The van der Waals surface area contributed by atoms with Crippen LogP contribution in [-0.4, -0.2) is 46.6 Å². The predicted octanol–water partition coefficient (Wildman–Crippen LogP) is 3.01. The number of amides is 2. The number of non-ortho nitro benzene ring substituents is 1. The lowest BCUT2D eigenvalue weighted by atomic mass is 10.2. The van der Waals surface area contributed by atoms with Gasteiger partial charge in [-0.25, -0.2) is 14.6 Å². The first-order chi connectivity index (χ1) is 12.4. The lowest BCUT2D eigenvalue weighted by molar-refractivity contribution is -0.384. The summed E-state index contributed by atoms with van der Waals surface area (Å²) in [5.74, 6) is 0.200. The van der Waals surface area contributed by atoms with Crippen LogP contribution in [0.5, 0.6) is 0 Å². The number of esters is 1. The van der Waals surface area contributed by atoms with Gasteiger partial charge in [0.25, 0.3) is 5.69 Å². The quantitative estimate of drug-likeness (QED) is 0.398. The maximum Gasteiger partial charge on any atom is 0.328 e. The Kier molecular flexibility index (Phi) is 7.16. The van der Waals surface area contributed by atoms with Crippen molar-refractivity contribution in [2.75, 3.05) is 23.9 Å². The zero-order valence-electron chi connectivity index (χ0n) is 14.2. The van der Waals surface area contributed by atoms with Crippen molar-refractivity contribution in [1.29, 1.82) is 0 Å². The van der Waals surface area contributed by atoms with Gasteiger partial charge in [-0.3, -0.25) is 15.4 Å². The van der Waals surface area contributed by atoms with E-state index in [1.807, 2.05) is 6.26 Å². The number of urea groups is 1. The molecule has 11 heteroatoms. The number of anilines is 1. The molecule has 0 aliphatic rings. The van der Waals surface area contributed by atoms with Crippen LogP contribution in [0.25, 0.3) is 10.2 Å². The van der Waals surface area contributed by atoms with Gasteiger partial charge in [-0.15, -0.1) is 0 Å². The summed E-state index contributed by atoms with van der Waals surface area (Å²) in [5.41, 5.74) is 0.497. The molecule has 26 heavy (non-hydrogen) atoms. The summed E-state index contributed by atoms with van der Waals surface area (Å²) in [6.07, 6.45) is 2.35. The third-order valence-electron chi connectivity index (χ3n) is 3.29. The molecule has 1 aromatic heterocycles. The number of nitrogens with one attached hydrogen (secondary N) is 2. The Labute approximate surface area is 157 Å². The Morgan fingerprint density at radius 2 is 2.23 bits per heavy atom. The van der Waals surface area contributed by atoms with Crippen LogP contribution in [0.4, 0.5) is 15.6 Å². The monoisotopic (exact) mass is 398 g/mol. The number of aromatic nitrogens is 1. The van der Waals surface area contributed by atoms with Crippen LogP contribution in [0.1, 0.15) is 13.3 Å². The van der Waals surface area contributed by atoms with Crippen molar-refractivity contribution < 1.29 is 19.2 Å². The molecule has 0 radical (unpaired) electrons. The van der Waals surface area contributed by atoms with Crippen LogP contribution >= 0.6 is 23.1 Å². The molecule has 2 rings (SSSR count). The van der Waals surface area contributed by atoms with Crippen molar-refractivity contribution >= 4 is 56.1 Å². The molecule has 1 unspecified atom stereocenters. The summed E-state index contributed by atoms with van der Waals surface area (Å²) >= 11 is 2.67. The van der Waals surface area contributed by atoms with Gasteiger partial charge in [0, 0.05) is 12.1 Å². The summed E-state index contributed by atoms with van der Waals surface area (Å²) in [6.45, 7) is 1.93. The van der Waals surface area contributed by atoms with Gasteiger partial charge in [0.1, 0.15) is 6.04 Å². The fourth-order valence-corrected chi connectivity index (χ4v) is 3.46. The standard InChI is InChI=1S/C15H18N4O5S2/c1-3-24-13(20)11(6-7-25-2)16-14(21)18-15-17-10-5-4-9(19(22)23)8-12(10)26-15/h4-5,8,11H,3,6-7H2,1-2H3,(H2,16,17,18,21). The highest BCUT2D eigenvalue weighted by atomic mass is 32.2. The molecule has 0 saturated carbocycles. The first-order valence-corrected chi connectivity index (χ1v) is 9.93. The van der Waals surface area contributed by atoms with Crippen molar-refractivity contribution in [2.24, 2.45) is 0 Å². The van der Waals surface area contributed by atoms with Crippen molar-refractivity contribution in [3.8, 4) is 0 Å². The van der Waals surface area contributed by atoms with E-state index in [4.69, 9.17) is 4.74 Å². The predicted molar refractivity (Wildman–Crippen MR) is 102 cm³/mol. The number of nitro benzene ring substituents is 1. The minimum absolute atomic E-state index is 0.0448. The van der Waals surface area contributed by atoms with E-state index in [0.29, 0.717) is 22.4 Å². The van der Waals surface area contributed by atoms with Crippen molar-refractivity contribution in [3.63, 3.8) is 0 Å². The zero-order valence-corrected chi connectivity index (χ0v) is 15.8. The molecule has 1 atom stereocenters. The first-order valence-electron chi connectivity index (χ1n) is 7.72. The van der Waals surface area contributed by atoms with E-state index in [1.165, 1.54) is 18.2 Å². The van der Waals surface area contributed by atoms with E-state index in [-0.39, 0.29) is 17.4 Å². The Morgan fingerprint density at radius 1 is 1.46 bits per heavy atom. The zero-order chi connectivity index (χ0) is 19.1. The summed E-state index contributed by atoms with van der Waals surface area (Å²) in [5, 5.41) is 16.2. The molecule has 1 aromatic carbocycles. The van der Waals surface area contributed by atoms with Crippen LogP contribution in [0.3, 0.4) is 0 Å². The van der Waals surface area contributed by atoms with E-state index in [0.717, 1.165) is 11.3 Å². The molecule has 0 aliphatic heterocycles. The van der Waals surface area contributed by atoms with Gasteiger partial charge in [0.05, 0.1) is 21.7 Å². The number of rotatable bonds is 8. The number of benzene rings is 1. The van der Waals surface area contributed by atoms with E-state index in [2.05, 4.69) is 15.6 Å². The molecule has 9 nitrogen and oxygen atoms in total. The van der Waals surface area contributed by atoms with Gasteiger partial charge >= 0.3 is 12.0 Å². The maximum atomic E-state index is 12.2. The number of fused-ring (bicyclic) bond motifs is 1. The molecule has 1 heterocycles. The van der Waals surface area contributed by atoms with Crippen LogP contribution in [0.15, 0.2) is 18.2 Å². The topological polar surface area (TPSA) is 123 Å². The normalized spacial score (nSPS) is 11.8. The summed E-state index contributed by atoms with van der Waals surface area (Å²) < 4.78 is 5.55. The van der Waals surface area contributed by atoms with Crippen LogP contribution in [-0.2, 0) is 9.53 Å². The Hall–Kier alpha value is -2.40. The van der Waals surface area contributed by atoms with E-state index in [9.17, 15) is 19.7 Å². The number of carbonyl (C=O) groups excluding carboxylic acids is 2. The summed E-state index contributed by atoms with van der Waals surface area (Å²) in [7, 11) is 0. The van der Waals surface area contributed by atoms with Gasteiger partial charge in [-0.1, -0.05) is 11.3 Å². The second kappa shape index (κ2) is 9.34. The fourth-order valence-electron chi connectivity index (χ4n) is 2.10. The maximum absolute atomic E-state index is 12.2. The van der Waals surface area contributed by atoms with Gasteiger partial charge in [0.15, 0.2) is 5.13 Å². The summed E-state index contributed by atoms with van der Waals surface area (Å²) in [6, 6.07) is 2.93. The molecule has 140 valence electrons. The lowest BCUT2D eigenvalue weighted by Gasteiger charge is -2.16. The number of ether oxygens (including phenoxy) is 1. The van der Waals surface area contributed by atoms with Gasteiger partial charge in [0.2, 0.25) is 0 Å². The van der Waals surface area contributed by atoms with Gasteiger partial charge < -0.3 is 10.1 Å². The molecular formula is C15H18N4O5S2. The first kappa shape index (κ1) is 19.9. The van der Waals surface area contributed by atoms with Crippen LogP contribution < -0.4 is 10.6 Å². The second-order valence-corrected chi connectivity index (χ2v) is 7.13. The number of thioether (sulfide) groups is 1. The third kappa shape index (κ3) is 5.30. The molecule has 0 saturated heterocycles. The summed E-state index contributed by atoms with van der Waals surface area (Å²) in [4.78, 5) is 38.6. The molecule has 0 aliphatic carbocycles. The molecule has 2 aromatic rings. The van der Waals surface area contributed by atoms with Gasteiger partial charge in [-0.05, 0) is 31.4 Å². The molecule has 2 N–H and O–H groups in total. The average molecular weight is 398 g/mol. The highest BCUT2D eigenvalue weighted by Crippen LogP contribution is 2.29. The molecular weight excluding hydrogens is 380 g/mol. The third-order valence-corrected chi connectivity index (χ3v) is 4.87. The minimum atomic E-state index is -0.752. The fraction of sp³-hybridized carbons (Fsp3) is 0.400. The largest absolute Gasteiger partial charge is 0.464 e. The van der Waals surface area contributed by atoms with Crippen molar-refractivity contribution in [1.82, 2.24) is 10.3 Å². The van der Waals surface area contributed by atoms with Crippen LogP contribution in [0, 0.1) is 10.1 Å². The number of nitrogens with zero attached hydrogens (tertiary/aromatic N) is 2. The smallest absolute Gasteiger partial charge is 0.328 e. The number of carbonyl (C=O) groups is 2. The molecule has 2 amide bonds. The Morgan fingerprint density at radius 3 is 2.88 bits per heavy atom. The lowest BCUT2D eigenvalue weighted by Crippen LogP contribution is -2.44. The Balaban J connectivity index is 2.06. The van der Waals surface area contributed by atoms with E-state index in [1.54, 1.807) is 18.7 Å². The van der Waals surface area contributed by atoms with Crippen molar-refractivity contribution in [3.05, 3.63) is 28.3 Å². The highest BCUT2D eigenvalue weighted by molar-refractivity contribution is 7.98. The van der Waals surface area contributed by atoms with Crippen LogP contribution in [0.2, 0.25) is 0 Å². The van der Waals surface area contributed by atoms with E-state index >= 15 is 0 Å². The number of nitro groups is 1. The molecule has 0 spiro atoms. The second-order valence-electron chi connectivity index (χ2n) is 5.11. The van der Waals surface area contributed by atoms with E-state index < -0.39 is 23.0 Å². The highest BCUT2D eigenvalue weighted by Gasteiger charge is 2.22. The average Bonchev–Trinajstić information content (AvgIpc) is 2.99. The SMILES string of the molecule is CCOC(=O)C(CCSC)NC(=O)Nc1nc2ccc([N+](=O)[O-])cc2s1. The minimum Gasteiger partial charge on any atom is -0.464 e. The number of thiazole rings is 1. The molecule has 0 fully saturated rings. The number of hydrogen-bond acceptors (Lipinski definition) is 8. The number of hydrogen-bond donors (Lipinski definition) is 2. The molecule has 0 bridgehead atoms. The Bertz CT molecular complexity index is 810.